The topological polar surface area (TPSA) is 55.4 Å². The molecule has 0 aliphatic heterocycles. The number of hydrogen-bond donors (Lipinski definition) is 1. The normalized spacial score (nSPS) is 21.1. The van der Waals surface area contributed by atoms with Gasteiger partial charge in [0, 0.05) is 6.04 Å². The third-order valence-corrected chi connectivity index (χ3v) is 5.35. The van der Waals surface area contributed by atoms with Crippen LogP contribution in [0, 0.1) is 5.41 Å². The molecule has 2 rings (SSSR count). The molecule has 0 bridgehead atoms. The Labute approximate surface area is 119 Å². The molecule has 0 unspecified atom stereocenters. The zero-order chi connectivity index (χ0) is 13.7. The summed E-state index contributed by atoms with van der Waals surface area (Å²) in [7, 11) is 1.43. The van der Waals surface area contributed by atoms with Gasteiger partial charge in [0.2, 0.25) is 5.91 Å². The Kier molecular flexibility index (Phi) is 5.13. The van der Waals surface area contributed by atoms with Crippen molar-refractivity contribution in [3.8, 4) is 0 Å². The molecule has 0 radical (unpaired) electrons. The molecule has 1 amide bonds. The van der Waals surface area contributed by atoms with E-state index in [4.69, 9.17) is 4.74 Å². The van der Waals surface area contributed by atoms with Gasteiger partial charge >= 0.3 is 5.97 Å². The van der Waals surface area contributed by atoms with E-state index in [2.05, 4.69) is 5.32 Å². The highest BCUT2D eigenvalue weighted by atomic mass is 32.2. The number of nitrogens with one attached hydrogen (secondary N) is 1. The summed E-state index contributed by atoms with van der Waals surface area (Å²) < 4.78 is 4.71. The van der Waals surface area contributed by atoms with Crippen molar-refractivity contribution in [1.82, 2.24) is 5.32 Å². The number of ether oxygens (including phenoxy) is 1. The van der Waals surface area contributed by atoms with E-state index in [1.54, 1.807) is 11.8 Å². The SMILES string of the molecule is COC(=O)CC1(CSCC(=O)NC2CCCC2)CC1. The summed E-state index contributed by atoms with van der Waals surface area (Å²) in [6.45, 7) is 0. The molecule has 0 aromatic heterocycles. The van der Waals surface area contributed by atoms with Crippen molar-refractivity contribution in [2.24, 2.45) is 5.41 Å². The Morgan fingerprint density at radius 1 is 1.32 bits per heavy atom. The standard InChI is InChI=1S/C14H23NO3S/c1-18-13(17)8-14(6-7-14)10-19-9-12(16)15-11-4-2-3-5-11/h11H,2-10H2,1H3,(H,15,16). The minimum absolute atomic E-state index is 0.116. The molecule has 108 valence electrons. The number of carbonyl (C=O) groups excluding carboxylic acids is 2. The summed E-state index contributed by atoms with van der Waals surface area (Å²) in [5.41, 5.74) is 0.116. The molecule has 2 fully saturated rings. The molecule has 4 nitrogen and oxygen atoms in total. The number of rotatable bonds is 7. The summed E-state index contributed by atoms with van der Waals surface area (Å²) in [5, 5.41) is 3.09. The molecule has 5 heteroatoms. The van der Waals surface area contributed by atoms with E-state index in [1.165, 1.54) is 20.0 Å². The van der Waals surface area contributed by atoms with Gasteiger partial charge in [-0.25, -0.2) is 0 Å². The van der Waals surface area contributed by atoms with Crippen molar-refractivity contribution in [3.63, 3.8) is 0 Å². The number of carbonyl (C=O) groups is 2. The fraction of sp³-hybridized carbons (Fsp3) is 0.857. The first-order valence-electron chi connectivity index (χ1n) is 7.07. The van der Waals surface area contributed by atoms with Gasteiger partial charge in [0.15, 0.2) is 0 Å². The highest BCUT2D eigenvalue weighted by molar-refractivity contribution is 7.99. The first kappa shape index (κ1) is 14.7. The maximum atomic E-state index is 11.8. The number of esters is 1. The van der Waals surface area contributed by atoms with Crippen molar-refractivity contribution in [1.29, 1.82) is 0 Å². The van der Waals surface area contributed by atoms with Gasteiger partial charge in [-0.1, -0.05) is 12.8 Å². The van der Waals surface area contributed by atoms with E-state index in [0.29, 0.717) is 18.2 Å². The van der Waals surface area contributed by atoms with Gasteiger partial charge in [-0.05, 0) is 36.9 Å². The van der Waals surface area contributed by atoms with Crippen molar-refractivity contribution in [2.45, 2.75) is 51.0 Å². The monoisotopic (exact) mass is 285 g/mol. The van der Waals surface area contributed by atoms with Crippen LogP contribution in [0.3, 0.4) is 0 Å². The highest BCUT2D eigenvalue weighted by Gasteiger charge is 2.44. The van der Waals surface area contributed by atoms with E-state index in [9.17, 15) is 9.59 Å². The molecular formula is C14H23NO3S. The van der Waals surface area contributed by atoms with Crippen LogP contribution >= 0.6 is 11.8 Å². The van der Waals surface area contributed by atoms with Gasteiger partial charge in [0.1, 0.15) is 0 Å². The molecule has 2 aliphatic carbocycles. The quantitative estimate of drug-likeness (QED) is 0.728. The molecular weight excluding hydrogens is 262 g/mol. The average Bonchev–Trinajstić information content (AvgIpc) is 2.94. The Morgan fingerprint density at radius 2 is 2.00 bits per heavy atom. The van der Waals surface area contributed by atoms with E-state index < -0.39 is 0 Å². The second kappa shape index (κ2) is 6.64. The van der Waals surface area contributed by atoms with Crippen molar-refractivity contribution in [3.05, 3.63) is 0 Å². The lowest BCUT2D eigenvalue weighted by molar-refractivity contribution is -0.141. The van der Waals surface area contributed by atoms with Crippen LogP contribution in [0.15, 0.2) is 0 Å². The zero-order valence-electron chi connectivity index (χ0n) is 11.6. The second-order valence-electron chi connectivity index (χ2n) is 5.79. The lowest BCUT2D eigenvalue weighted by Gasteiger charge is -2.14. The fourth-order valence-corrected chi connectivity index (χ4v) is 3.82. The maximum Gasteiger partial charge on any atom is 0.306 e. The Morgan fingerprint density at radius 3 is 2.58 bits per heavy atom. The minimum atomic E-state index is -0.131. The highest BCUT2D eigenvalue weighted by Crippen LogP contribution is 2.51. The Hall–Kier alpha value is -0.710. The summed E-state index contributed by atoms with van der Waals surface area (Å²) >= 11 is 1.65. The minimum Gasteiger partial charge on any atom is -0.469 e. The number of hydrogen-bond acceptors (Lipinski definition) is 4. The zero-order valence-corrected chi connectivity index (χ0v) is 12.4. The van der Waals surface area contributed by atoms with Gasteiger partial charge in [0.25, 0.3) is 0 Å². The molecule has 2 aliphatic rings. The predicted octanol–water partition coefficient (Wildman–Crippen LogP) is 2.12. The molecule has 0 aromatic rings. The van der Waals surface area contributed by atoms with Crippen LogP contribution in [-0.2, 0) is 14.3 Å². The molecule has 0 atom stereocenters. The van der Waals surface area contributed by atoms with E-state index in [-0.39, 0.29) is 17.3 Å². The summed E-state index contributed by atoms with van der Waals surface area (Å²) in [5.74, 6) is 1.42. The van der Waals surface area contributed by atoms with Gasteiger partial charge < -0.3 is 10.1 Å². The molecule has 0 heterocycles. The maximum absolute atomic E-state index is 11.8. The van der Waals surface area contributed by atoms with Gasteiger partial charge in [-0.15, -0.1) is 0 Å². The Balaban J connectivity index is 1.60. The molecule has 0 saturated heterocycles. The van der Waals surface area contributed by atoms with E-state index in [1.807, 2.05) is 0 Å². The molecule has 19 heavy (non-hydrogen) atoms. The lowest BCUT2D eigenvalue weighted by atomic mass is 10.1. The summed E-state index contributed by atoms with van der Waals surface area (Å²) in [6, 6.07) is 0.401. The van der Waals surface area contributed by atoms with Crippen LogP contribution in [0.5, 0.6) is 0 Å². The first-order chi connectivity index (χ1) is 9.13. The van der Waals surface area contributed by atoms with Crippen LogP contribution < -0.4 is 5.32 Å². The van der Waals surface area contributed by atoms with Crippen molar-refractivity contribution < 1.29 is 14.3 Å². The third kappa shape index (κ3) is 4.71. The predicted molar refractivity (Wildman–Crippen MR) is 76.0 cm³/mol. The largest absolute Gasteiger partial charge is 0.469 e. The number of methoxy groups -OCH3 is 1. The van der Waals surface area contributed by atoms with Crippen LogP contribution in [-0.4, -0.2) is 36.5 Å². The van der Waals surface area contributed by atoms with Gasteiger partial charge in [0.05, 0.1) is 19.3 Å². The molecule has 1 N–H and O–H groups in total. The first-order valence-corrected chi connectivity index (χ1v) is 8.23. The molecule has 0 spiro atoms. The number of thioether (sulfide) groups is 1. The van der Waals surface area contributed by atoms with Crippen LogP contribution in [0.1, 0.15) is 44.9 Å². The van der Waals surface area contributed by atoms with Crippen LogP contribution in [0.4, 0.5) is 0 Å². The smallest absolute Gasteiger partial charge is 0.306 e. The number of amides is 1. The van der Waals surface area contributed by atoms with Crippen LogP contribution in [0.2, 0.25) is 0 Å². The van der Waals surface area contributed by atoms with Crippen molar-refractivity contribution in [2.75, 3.05) is 18.6 Å². The summed E-state index contributed by atoms with van der Waals surface area (Å²) in [4.78, 5) is 23.0. The van der Waals surface area contributed by atoms with Gasteiger partial charge in [-0.3, -0.25) is 9.59 Å². The van der Waals surface area contributed by atoms with E-state index >= 15 is 0 Å². The third-order valence-electron chi connectivity index (χ3n) is 4.07. The van der Waals surface area contributed by atoms with Crippen molar-refractivity contribution >= 4 is 23.6 Å². The lowest BCUT2D eigenvalue weighted by Crippen LogP contribution is -2.34. The Bertz CT molecular complexity index is 336. The summed E-state index contributed by atoms with van der Waals surface area (Å²) in [6.07, 6.45) is 7.39. The molecule has 2 saturated carbocycles. The van der Waals surface area contributed by atoms with Gasteiger partial charge in [-0.2, -0.15) is 11.8 Å². The van der Waals surface area contributed by atoms with E-state index in [0.717, 1.165) is 31.4 Å². The fourth-order valence-electron chi connectivity index (χ4n) is 2.63. The average molecular weight is 285 g/mol. The molecule has 0 aromatic carbocycles. The second-order valence-corrected chi connectivity index (χ2v) is 6.78. The van der Waals surface area contributed by atoms with Crippen LogP contribution in [0.25, 0.3) is 0 Å².